The third-order valence-corrected chi connectivity index (χ3v) is 4.92. The quantitative estimate of drug-likeness (QED) is 0.898. The highest BCUT2D eigenvalue weighted by Crippen LogP contribution is 2.23. The van der Waals surface area contributed by atoms with E-state index in [0.717, 1.165) is 38.9 Å². The van der Waals surface area contributed by atoms with Gasteiger partial charge in [0.05, 0.1) is 17.2 Å². The van der Waals surface area contributed by atoms with Crippen molar-refractivity contribution in [1.82, 2.24) is 10.2 Å². The van der Waals surface area contributed by atoms with E-state index in [1.807, 2.05) is 29.2 Å². The van der Waals surface area contributed by atoms with Gasteiger partial charge in [0.2, 0.25) is 5.91 Å². The number of hydrogen-bond acceptors (Lipinski definition) is 3. The van der Waals surface area contributed by atoms with Crippen molar-refractivity contribution in [3.05, 3.63) is 29.8 Å². The maximum atomic E-state index is 12.8. The first kappa shape index (κ1) is 16.0. The lowest BCUT2D eigenvalue weighted by atomic mass is 9.98. The van der Waals surface area contributed by atoms with Crippen molar-refractivity contribution in [3.8, 4) is 0 Å². The van der Waals surface area contributed by atoms with Crippen molar-refractivity contribution in [2.24, 2.45) is 11.8 Å². The topological polar surface area (TPSA) is 61.4 Å². The number of nitrogens with zero attached hydrogens (tertiary/aromatic N) is 1. The van der Waals surface area contributed by atoms with Crippen LogP contribution in [0.4, 0.5) is 5.69 Å². The lowest BCUT2D eigenvalue weighted by Crippen LogP contribution is -2.38. The molecule has 2 amide bonds. The number of benzene rings is 1. The highest BCUT2D eigenvalue weighted by atomic mass is 16.2. The molecular weight excluding hydrogens is 290 g/mol. The molecule has 1 atom stereocenters. The van der Waals surface area contributed by atoms with Gasteiger partial charge < -0.3 is 15.5 Å². The Bertz CT molecular complexity index is 573. The Balaban J connectivity index is 1.72. The summed E-state index contributed by atoms with van der Waals surface area (Å²) in [5.74, 6) is 0.706. The number of likely N-dealkylation sites (tertiary alicyclic amines) is 1. The molecule has 2 saturated heterocycles. The molecule has 2 heterocycles. The van der Waals surface area contributed by atoms with Gasteiger partial charge in [0.1, 0.15) is 0 Å². The van der Waals surface area contributed by atoms with Crippen LogP contribution in [0.3, 0.4) is 0 Å². The van der Waals surface area contributed by atoms with Crippen molar-refractivity contribution in [1.29, 1.82) is 0 Å². The second kappa shape index (κ2) is 7.13. The monoisotopic (exact) mass is 315 g/mol. The third kappa shape index (κ3) is 3.72. The Morgan fingerprint density at radius 1 is 1.17 bits per heavy atom. The van der Waals surface area contributed by atoms with Crippen molar-refractivity contribution < 1.29 is 9.59 Å². The molecule has 124 valence electrons. The largest absolute Gasteiger partial charge is 0.339 e. The number of piperidine rings is 1. The van der Waals surface area contributed by atoms with Crippen LogP contribution in [0.25, 0.3) is 0 Å². The Hall–Kier alpha value is -1.88. The highest BCUT2D eigenvalue weighted by Gasteiger charge is 2.26. The van der Waals surface area contributed by atoms with Crippen LogP contribution < -0.4 is 10.6 Å². The van der Waals surface area contributed by atoms with Crippen LogP contribution in [0.1, 0.15) is 36.5 Å². The molecule has 5 heteroatoms. The number of amides is 2. The fourth-order valence-electron chi connectivity index (χ4n) is 3.27. The zero-order valence-electron chi connectivity index (χ0n) is 13.7. The third-order valence-electron chi connectivity index (χ3n) is 4.92. The Labute approximate surface area is 137 Å². The molecule has 0 radical (unpaired) electrons. The van der Waals surface area contributed by atoms with Crippen LogP contribution >= 0.6 is 0 Å². The van der Waals surface area contributed by atoms with E-state index in [-0.39, 0.29) is 17.7 Å². The Morgan fingerprint density at radius 3 is 2.61 bits per heavy atom. The second-order valence-electron chi connectivity index (χ2n) is 6.70. The minimum atomic E-state index is -0.00556. The van der Waals surface area contributed by atoms with E-state index < -0.39 is 0 Å². The molecule has 3 rings (SSSR count). The highest BCUT2D eigenvalue weighted by molar-refractivity contribution is 6.04. The zero-order valence-corrected chi connectivity index (χ0v) is 13.7. The molecule has 0 aromatic heterocycles. The number of para-hydroxylation sites is 1. The van der Waals surface area contributed by atoms with Crippen molar-refractivity contribution >= 4 is 17.5 Å². The summed E-state index contributed by atoms with van der Waals surface area (Å²) in [4.78, 5) is 27.0. The maximum absolute atomic E-state index is 12.8. The maximum Gasteiger partial charge on any atom is 0.255 e. The number of anilines is 1. The molecule has 1 unspecified atom stereocenters. The molecule has 0 aliphatic carbocycles. The molecule has 1 aromatic carbocycles. The molecule has 2 fully saturated rings. The first-order valence-electron chi connectivity index (χ1n) is 8.55. The van der Waals surface area contributed by atoms with Crippen molar-refractivity contribution in [2.45, 2.75) is 26.2 Å². The van der Waals surface area contributed by atoms with E-state index in [1.54, 1.807) is 0 Å². The summed E-state index contributed by atoms with van der Waals surface area (Å²) in [5.41, 5.74) is 1.23. The van der Waals surface area contributed by atoms with Gasteiger partial charge in [-0.2, -0.15) is 0 Å². The molecule has 2 aliphatic heterocycles. The first-order chi connectivity index (χ1) is 11.1. The number of nitrogens with one attached hydrogen (secondary N) is 2. The van der Waals surface area contributed by atoms with Gasteiger partial charge in [0.15, 0.2) is 0 Å². The predicted molar refractivity (Wildman–Crippen MR) is 90.3 cm³/mol. The molecule has 2 aliphatic rings. The molecule has 0 spiro atoms. The van der Waals surface area contributed by atoms with Gasteiger partial charge in [-0.25, -0.2) is 0 Å². The number of carbonyl (C=O) groups is 2. The fraction of sp³-hybridized carbons (Fsp3) is 0.556. The normalized spacial score (nSPS) is 22.1. The minimum absolute atomic E-state index is 0.00233. The van der Waals surface area contributed by atoms with E-state index in [0.29, 0.717) is 23.7 Å². The fourth-order valence-corrected chi connectivity index (χ4v) is 3.27. The summed E-state index contributed by atoms with van der Waals surface area (Å²) in [7, 11) is 0. The predicted octanol–water partition coefficient (Wildman–Crippen LogP) is 2.11. The van der Waals surface area contributed by atoms with Gasteiger partial charge >= 0.3 is 0 Å². The van der Waals surface area contributed by atoms with Gasteiger partial charge in [0, 0.05) is 19.6 Å². The summed E-state index contributed by atoms with van der Waals surface area (Å²) in [5, 5.41) is 6.15. The van der Waals surface area contributed by atoms with Crippen LogP contribution in [-0.2, 0) is 4.79 Å². The van der Waals surface area contributed by atoms with Crippen LogP contribution in [0.2, 0.25) is 0 Å². The average molecular weight is 315 g/mol. The first-order valence-corrected chi connectivity index (χ1v) is 8.55. The lowest BCUT2D eigenvalue weighted by Gasteiger charge is -2.30. The van der Waals surface area contributed by atoms with Gasteiger partial charge in [-0.1, -0.05) is 19.1 Å². The van der Waals surface area contributed by atoms with Gasteiger partial charge in [0.25, 0.3) is 5.91 Å². The average Bonchev–Trinajstić information content (AvgIpc) is 3.10. The summed E-state index contributed by atoms with van der Waals surface area (Å²) in [6.45, 7) is 5.42. The Kier molecular flexibility index (Phi) is 4.96. The summed E-state index contributed by atoms with van der Waals surface area (Å²) < 4.78 is 0. The van der Waals surface area contributed by atoms with Crippen LogP contribution in [0.15, 0.2) is 24.3 Å². The summed E-state index contributed by atoms with van der Waals surface area (Å²) in [6, 6.07) is 7.34. The van der Waals surface area contributed by atoms with Gasteiger partial charge in [-0.05, 0) is 43.9 Å². The van der Waals surface area contributed by atoms with Crippen molar-refractivity contribution in [2.75, 3.05) is 31.5 Å². The number of rotatable bonds is 3. The van der Waals surface area contributed by atoms with Gasteiger partial charge in [-0.3, -0.25) is 9.59 Å². The summed E-state index contributed by atoms with van der Waals surface area (Å²) in [6.07, 6.45) is 2.95. The summed E-state index contributed by atoms with van der Waals surface area (Å²) >= 11 is 0. The zero-order chi connectivity index (χ0) is 16.2. The van der Waals surface area contributed by atoms with E-state index >= 15 is 0 Å². The van der Waals surface area contributed by atoms with Crippen LogP contribution in [-0.4, -0.2) is 42.9 Å². The molecule has 23 heavy (non-hydrogen) atoms. The molecule has 2 N–H and O–H groups in total. The smallest absolute Gasteiger partial charge is 0.255 e. The van der Waals surface area contributed by atoms with Crippen molar-refractivity contribution in [3.63, 3.8) is 0 Å². The van der Waals surface area contributed by atoms with Gasteiger partial charge in [-0.15, -0.1) is 0 Å². The molecule has 0 saturated carbocycles. The molecule has 1 aromatic rings. The molecule has 0 bridgehead atoms. The lowest BCUT2D eigenvalue weighted by molar-refractivity contribution is -0.119. The minimum Gasteiger partial charge on any atom is -0.339 e. The molecular formula is C18H25N3O2. The number of hydrogen-bond donors (Lipinski definition) is 2. The standard InChI is InChI=1S/C18H25N3O2/c1-13-7-10-21(11-8-13)18(23)15-4-2-3-5-16(15)20-17(22)14-6-9-19-12-14/h2-5,13-14,19H,6-12H2,1H3,(H,20,22). The van der Waals surface area contributed by atoms with E-state index in [4.69, 9.17) is 0 Å². The van der Waals surface area contributed by atoms with Crippen LogP contribution in [0, 0.1) is 11.8 Å². The Morgan fingerprint density at radius 2 is 1.91 bits per heavy atom. The number of carbonyl (C=O) groups excluding carboxylic acids is 2. The van der Waals surface area contributed by atoms with Crippen LogP contribution in [0.5, 0.6) is 0 Å². The van der Waals surface area contributed by atoms with E-state index in [2.05, 4.69) is 17.6 Å². The van der Waals surface area contributed by atoms with E-state index in [1.165, 1.54) is 0 Å². The molecule has 5 nitrogen and oxygen atoms in total. The second-order valence-corrected chi connectivity index (χ2v) is 6.70. The van der Waals surface area contributed by atoms with E-state index in [9.17, 15) is 9.59 Å². The SMILES string of the molecule is CC1CCN(C(=O)c2ccccc2NC(=O)C2CCNC2)CC1.